The summed E-state index contributed by atoms with van der Waals surface area (Å²) in [6.45, 7) is 1.89. The van der Waals surface area contributed by atoms with Gasteiger partial charge in [-0.15, -0.1) is 0 Å². The molecule has 0 unspecified atom stereocenters. The molecule has 6 nitrogen and oxygen atoms in total. The third-order valence-electron chi connectivity index (χ3n) is 3.73. The van der Waals surface area contributed by atoms with E-state index in [1.807, 2.05) is 6.92 Å². The Balaban J connectivity index is 2.16. The standard InChI is InChI=1S/C17H15BrN2O4S/c1-11-3-5-13(6-4-11)25(22,23)20-8-7-14-15(18)9-12(10-16(14)20)19-17(21)24-2/h3-10H,1-2H3,(H,19,21). The van der Waals surface area contributed by atoms with E-state index in [0.717, 1.165) is 5.56 Å². The summed E-state index contributed by atoms with van der Waals surface area (Å²) in [7, 11) is -2.50. The van der Waals surface area contributed by atoms with Crippen molar-refractivity contribution in [3.63, 3.8) is 0 Å². The van der Waals surface area contributed by atoms with Gasteiger partial charge in [-0.3, -0.25) is 5.32 Å². The number of hydrogen-bond acceptors (Lipinski definition) is 4. The van der Waals surface area contributed by atoms with Gasteiger partial charge in [-0.2, -0.15) is 0 Å². The van der Waals surface area contributed by atoms with Crippen molar-refractivity contribution in [2.45, 2.75) is 11.8 Å². The molecule has 2 aromatic carbocycles. The van der Waals surface area contributed by atoms with Crippen LogP contribution in [0.2, 0.25) is 0 Å². The predicted octanol–water partition coefficient (Wildman–Crippen LogP) is 4.13. The summed E-state index contributed by atoms with van der Waals surface area (Å²) in [5, 5.41) is 3.25. The topological polar surface area (TPSA) is 77.4 Å². The highest BCUT2D eigenvalue weighted by Gasteiger charge is 2.20. The Kier molecular flexibility index (Phi) is 4.57. The lowest BCUT2D eigenvalue weighted by molar-refractivity contribution is 0.187. The lowest BCUT2D eigenvalue weighted by Crippen LogP contribution is -2.13. The molecule has 3 rings (SSSR count). The van der Waals surface area contributed by atoms with Crippen molar-refractivity contribution < 1.29 is 17.9 Å². The van der Waals surface area contributed by atoms with E-state index in [9.17, 15) is 13.2 Å². The van der Waals surface area contributed by atoms with Gasteiger partial charge in [0.05, 0.1) is 17.5 Å². The Labute approximate surface area is 153 Å². The molecule has 25 heavy (non-hydrogen) atoms. The van der Waals surface area contributed by atoms with Gasteiger partial charge in [-0.05, 0) is 37.3 Å². The highest BCUT2D eigenvalue weighted by atomic mass is 79.9. The monoisotopic (exact) mass is 422 g/mol. The Bertz CT molecular complexity index is 1060. The number of fused-ring (bicyclic) bond motifs is 1. The van der Waals surface area contributed by atoms with E-state index in [2.05, 4.69) is 26.0 Å². The summed E-state index contributed by atoms with van der Waals surface area (Å²) >= 11 is 3.41. The molecule has 0 bridgehead atoms. The molecule has 0 spiro atoms. The molecule has 0 atom stereocenters. The summed E-state index contributed by atoms with van der Waals surface area (Å²) in [5.41, 5.74) is 1.84. The normalized spacial score (nSPS) is 11.5. The zero-order chi connectivity index (χ0) is 18.2. The van der Waals surface area contributed by atoms with Gasteiger partial charge in [-0.1, -0.05) is 33.6 Å². The number of ether oxygens (including phenoxy) is 1. The number of halogens is 1. The number of aromatic nitrogens is 1. The average molecular weight is 423 g/mol. The van der Waals surface area contributed by atoms with Crippen molar-refractivity contribution in [1.29, 1.82) is 0 Å². The van der Waals surface area contributed by atoms with E-state index < -0.39 is 16.1 Å². The Hall–Kier alpha value is -2.32. The molecule has 8 heteroatoms. The van der Waals surface area contributed by atoms with Gasteiger partial charge in [0, 0.05) is 21.7 Å². The first-order valence-corrected chi connectivity index (χ1v) is 9.54. The highest BCUT2D eigenvalue weighted by Crippen LogP contribution is 2.31. The van der Waals surface area contributed by atoms with E-state index in [-0.39, 0.29) is 4.90 Å². The zero-order valence-corrected chi connectivity index (χ0v) is 15.9. The second kappa shape index (κ2) is 6.53. The van der Waals surface area contributed by atoms with Crippen molar-refractivity contribution in [2.24, 2.45) is 0 Å². The van der Waals surface area contributed by atoms with E-state index in [0.29, 0.717) is 21.1 Å². The van der Waals surface area contributed by atoms with Gasteiger partial charge >= 0.3 is 6.09 Å². The summed E-state index contributed by atoms with van der Waals surface area (Å²) in [5.74, 6) is 0. The van der Waals surface area contributed by atoms with Crippen LogP contribution in [-0.2, 0) is 14.8 Å². The molecule has 1 heterocycles. The van der Waals surface area contributed by atoms with Crippen molar-refractivity contribution in [1.82, 2.24) is 3.97 Å². The first-order chi connectivity index (χ1) is 11.8. The number of amides is 1. The summed E-state index contributed by atoms with van der Waals surface area (Å²) < 4.78 is 32.3. The number of nitrogens with one attached hydrogen (secondary N) is 1. The van der Waals surface area contributed by atoms with Crippen LogP contribution in [0, 0.1) is 6.92 Å². The number of benzene rings is 2. The zero-order valence-electron chi connectivity index (χ0n) is 13.5. The van der Waals surface area contributed by atoms with Crippen molar-refractivity contribution in [3.8, 4) is 0 Å². The highest BCUT2D eigenvalue weighted by molar-refractivity contribution is 9.10. The minimum Gasteiger partial charge on any atom is -0.453 e. The number of methoxy groups -OCH3 is 1. The van der Waals surface area contributed by atoms with Crippen LogP contribution < -0.4 is 5.32 Å². The molecule has 0 radical (unpaired) electrons. The fourth-order valence-corrected chi connectivity index (χ4v) is 4.37. The summed E-state index contributed by atoms with van der Waals surface area (Å²) in [6.07, 6.45) is 0.859. The van der Waals surface area contributed by atoms with Crippen LogP contribution in [0.4, 0.5) is 10.5 Å². The predicted molar refractivity (Wildman–Crippen MR) is 99.4 cm³/mol. The molecule has 3 aromatic rings. The maximum Gasteiger partial charge on any atom is 0.411 e. The lowest BCUT2D eigenvalue weighted by Gasteiger charge is -2.10. The SMILES string of the molecule is COC(=O)Nc1cc(Br)c2ccn(S(=O)(=O)c3ccc(C)cc3)c2c1. The van der Waals surface area contributed by atoms with E-state index in [1.54, 1.807) is 42.5 Å². The molecule has 130 valence electrons. The number of nitrogens with zero attached hydrogens (tertiary/aromatic N) is 1. The van der Waals surface area contributed by atoms with Crippen LogP contribution in [-0.4, -0.2) is 25.6 Å². The van der Waals surface area contributed by atoms with Crippen molar-refractivity contribution in [2.75, 3.05) is 12.4 Å². The third-order valence-corrected chi connectivity index (χ3v) is 6.09. The Morgan fingerprint density at radius 3 is 2.48 bits per heavy atom. The maximum absolute atomic E-state index is 13.0. The van der Waals surface area contributed by atoms with Crippen LogP contribution in [0.1, 0.15) is 5.56 Å². The average Bonchev–Trinajstić information content (AvgIpc) is 3.00. The maximum atomic E-state index is 13.0. The fourth-order valence-electron chi connectivity index (χ4n) is 2.45. The molecule has 0 saturated heterocycles. The first kappa shape index (κ1) is 17.5. The van der Waals surface area contributed by atoms with Crippen LogP contribution in [0.15, 0.2) is 58.0 Å². The number of carbonyl (C=O) groups excluding carboxylic acids is 1. The molecule has 0 fully saturated rings. The molecule has 1 amide bonds. The van der Waals surface area contributed by atoms with E-state index in [1.165, 1.54) is 17.3 Å². The molecular formula is C17H15BrN2O4S. The van der Waals surface area contributed by atoms with E-state index in [4.69, 9.17) is 0 Å². The minimum atomic E-state index is -3.75. The first-order valence-electron chi connectivity index (χ1n) is 7.31. The smallest absolute Gasteiger partial charge is 0.411 e. The van der Waals surface area contributed by atoms with Crippen LogP contribution in [0.25, 0.3) is 10.9 Å². The van der Waals surface area contributed by atoms with Crippen LogP contribution in [0.3, 0.4) is 0 Å². The second-order valence-electron chi connectivity index (χ2n) is 5.44. The molecule has 0 aliphatic heterocycles. The molecule has 1 aromatic heterocycles. The Morgan fingerprint density at radius 1 is 1.16 bits per heavy atom. The number of hydrogen-bond donors (Lipinski definition) is 1. The van der Waals surface area contributed by atoms with Crippen LogP contribution >= 0.6 is 15.9 Å². The number of carbonyl (C=O) groups is 1. The largest absolute Gasteiger partial charge is 0.453 e. The van der Waals surface area contributed by atoms with Crippen molar-refractivity contribution >= 4 is 48.6 Å². The van der Waals surface area contributed by atoms with Crippen LogP contribution in [0.5, 0.6) is 0 Å². The second-order valence-corrected chi connectivity index (χ2v) is 8.11. The molecular weight excluding hydrogens is 408 g/mol. The fraction of sp³-hybridized carbons (Fsp3) is 0.118. The van der Waals surface area contributed by atoms with Gasteiger partial charge in [0.1, 0.15) is 0 Å². The van der Waals surface area contributed by atoms with Gasteiger partial charge in [0.25, 0.3) is 10.0 Å². The van der Waals surface area contributed by atoms with Crippen molar-refractivity contribution in [3.05, 3.63) is 58.7 Å². The number of anilines is 1. The molecule has 1 N–H and O–H groups in total. The van der Waals surface area contributed by atoms with Gasteiger partial charge in [0.2, 0.25) is 0 Å². The summed E-state index contributed by atoms with van der Waals surface area (Å²) in [4.78, 5) is 11.6. The third kappa shape index (κ3) is 3.27. The lowest BCUT2D eigenvalue weighted by atomic mass is 10.2. The van der Waals surface area contributed by atoms with Gasteiger partial charge < -0.3 is 4.74 Å². The number of rotatable bonds is 3. The number of aryl methyl sites for hydroxylation is 1. The molecule has 0 saturated carbocycles. The summed E-state index contributed by atoms with van der Waals surface area (Å²) in [6, 6.07) is 11.6. The quantitative estimate of drug-likeness (QED) is 0.688. The minimum absolute atomic E-state index is 0.193. The Morgan fingerprint density at radius 2 is 1.84 bits per heavy atom. The van der Waals surface area contributed by atoms with Gasteiger partial charge in [-0.25, -0.2) is 17.2 Å². The van der Waals surface area contributed by atoms with E-state index >= 15 is 0 Å². The molecule has 0 aliphatic carbocycles. The molecule has 0 aliphatic rings. The van der Waals surface area contributed by atoms with Gasteiger partial charge in [0.15, 0.2) is 0 Å².